The highest BCUT2D eigenvalue weighted by Crippen LogP contribution is 2.25. The summed E-state index contributed by atoms with van der Waals surface area (Å²) in [6.45, 7) is 6.24. The molecule has 1 atom stereocenters. The summed E-state index contributed by atoms with van der Waals surface area (Å²) in [5.74, 6) is 0. The van der Waals surface area contributed by atoms with Crippen LogP contribution in [0.15, 0.2) is 11.6 Å². The molecule has 0 bridgehead atoms. The molecule has 0 saturated carbocycles. The number of unbranched alkanes of at least 4 members (excludes halogenated alkanes) is 1. The van der Waals surface area contributed by atoms with Gasteiger partial charge in [0.25, 0.3) is 0 Å². The van der Waals surface area contributed by atoms with Crippen LogP contribution >= 0.6 is 0 Å². The van der Waals surface area contributed by atoms with E-state index >= 15 is 0 Å². The van der Waals surface area contributed by atoms with Gasteiger partial charge in [-0.3, -0.25) is 4.79 Å². The smallest absolute Gasteiger partial charge is 0.142 e. The van der Waals surface area contributed by atoms with Crippen molar-refractivity contribution in [1.29, 1.82) is 0 Å². The van der Waals surface area contributed by atoms with E-state index in [0.29, 0.717) is 0 Å². The molecule has 0 radical (unpaired) electrons. The Labute approximate surface area is 87.3 Å². The molecule has 0 fully saturated rings. The summed E-state index contributed by atoms with van der Waals surface area (Å²) in [5.41, 5.74) is 0.972. The van der Waals surface area contributed by atoms with Crippen molar-refractivity contribution < 1.29 is 9.53 Å². The van der Waals surface area contributed by atoms with E-state index in [0.717, 1.165) is 24.7 Å². The van der Waals surface area contributed by atoms with Gasteiger partial charge in [0.2, 0.25) is 0 Å². The number of carbonyl (C=O) groups excluding carboxylic acids is 1. The predicted octanol–water partition coefficient (Wildman–Crippen LogP) is 3.12. The van der Waals surface area contributed by atoms with Crippen molar-refractivity contribution in [2.75, 3.05) is 7.11 Å². The first-order chi connectivity index (χ1) is 6.58. The third-order valence-electron chi connectivity index (χ3n) is 2.56. The Morgan fingerprint density at radius 2 is 2.14 bits per heavy atom. The minimum atomic E-state index is -0.112. The fourth-order valence-electron chi connectivity index (χ4n) is 1.58. The fourth-order valence-corrected chi connectivity index (χ4v) is 1.58. The molecular formula is C12H22O2. The fraction of sp³-hybridized carbons (Fsp3) is 0.750. The summed E-state index contributed by atoms with van der Waals surface area (Å²) in [6.07, 6.45) is 6.68. The summed E-state index contributed by atoms with van der Waals surface area (Å²) in [4.78, 5) is 10.3. The highest BCUT2D eigenvalue weighted by molar-refractivity contribution is 5.65. The molecule has 0 rings (SSSR count). The van der Waals surface area contributed by atoms with E-state index in [1.807, 2.05) is 6.92 Å². The third kappa shape index (κ3) is 5.18. The van der Waals surface area contributed by atoms with Gasteiger partial charge in [-0.25, -0.2) is 0 Å². The Morgan fingerprint density at radius 1 is 1.50 bits per heavy atom. The van der Waals surface area contributed by atoms with Crippen LogP contribution in [0.5, 0.6) is 0 Å². The molecule has 0 saturated heterocycles. The second-order valence-electron chi connectivity index (χ2n) is 4.08. The third-order valence-corrected chi connectivity index (χ3v) is 2.56. The van der Waals surface area contributed by atoms with Crippen molar-refractivity contribution in [2.24, 2.45) is 0 Å². The summed E-state index contributed by atoms with van der Waals surface area (Å²) >= 11 is 0. The number of hydrogen-bond acceptors (Lipinski definition) is 2. The molecule has 1 unspecified atom stereocenters. The second kappa shape index (κ2) is 6.77. The number of allylic oxidation sites excluding steroid dienone is 1. The zero-order valence-electron chi connectivity index (χ0n) is 9.80. The maximum Gasteiger partial charge on any atom is 0.142 e. The van der Waals surface area contributed by atoms with E-state index in [1.165, 1.54) is 12.8 Å². The molecule has 0 amide bonds. The van der Waals surface area contributed by atoms with E-state index in [2.05, 4.69) is 13.8 Å². The molecular weight excluding hydrogens is 176 g/mol. The van der Waals surface area contributed by atoms with Gasteiger partial charge in [0.1, 0.15) is 6.29 Å². The van der Waals surface area contributed by atoms with Crippen molar-refractivity contribution in [2.45, 2.75) is 52.1 Å². The van der Waals surface area contributed by atoms with Crippen molar-refractivity contribution >= 4 is 6.29 Å². The Balaban J connectivity index is 4.23. The molecule has 0 heterocycles. The molecule has 82 valence electrons. The molecule has 0 aliphatic rings. The van der Waals surface area contributed by atoms with E-state index in [4.69, 9.17) is 4.74 Å². The van der Waals surface area contributed by atoms with Gasteiger partial charge in [-0.05, 0) is 32.8 Å². The van der Waals surface area contributed by atoms with Gasteiger partial charge < -0.3 is 4.74 Å². The van der Waals surface area contributed by atoms with Gasteiger partial charge in [0.15, 0.2) is 0 Å². The second-order valence-corrected chi connectivity index (χ2v) is 4.08. The number of rotatable bonds is 7. The molecule has 0 aromatic carbocycles. The van der Waals surface area contributed by atoms with Crippen LogP contribution in [0, 0.1) is 0 Å². The Morgan fingerprint density at radius 3 is 2.57 bits per heavy atom. The lowest BCUT2D eigenvalue weighted by Crippen LogP contribution is -2.27. The number of methoxy groups -OCH3 is 1. The Bertz CT molecular complexity index is 196. The van der Waals surface area contributed by atoms with Gasteiger partial charge in [-0.2, -0.15) is 0 Å². The van der Waals surface area contributed by atoms with Crippen LogP contribution in [0.1, 0.15) is 46.5 Å². The topological polar surface area (TPSA) is 26.3 Å². The quantitative estimate of drug-likeness (QED) is 0.464. The number of ether oxygens (including phenoxy) is 1. The first kappa shape index (κ1) is 13.4. The molecule has 0 aliphatic heterocycles. The van der Waals surface area contributed by atoms with Gasteiger partial charge in [-0.15, -0.1) is 0 Å². The lowest BCUT2D eigenvalue weighted by atomic mass is 9.91. The number of hydrogen-bond donors (Lipinski definition) is 0. The van der Waals surface area contributed by atoms with E-state index in [9.17, 15) is 4.79 Å². The lowest BCUT2D eigenvalue weighted by molar-refractivity contribution is -0.104. The van der Waals surface area contributed by atoms with Gasteiger partial charge in [-0.1, -0.05) is 25.3 Å². The van der Waals surface area contributed by atoms with E-state index < -0.39 is 0 Å². The number of aldehydes is 1. The molecule has 14 heavy (non-hydrogen) atoms. The minimum absolute atomic E-state index is 0.112. The summed E-state index contributed by atoms with van der Waals surface area (Å²) in [5, 5.41) is 0. The summed E-state index contributed by atoms with van der Waals surface area (Å²) in [6, 6.07) is 0. The molecule has 2 heteroatoms. The van der Waals surface area contributed by atoms with Crippen LogP contribution in [0.2, 0.25) is 0 Å². The molecule has 0 aromatic rings. The minimum Gasteiger partial charge on any atom is -0.378 e. The summed E-state index contributed by atoms with van der Waals surface area (Å²) in [7, 11) is 1.74. The Kier molecular flexibility index (Phi) is 6.46. The summed E-state index contributed by atoms with van der Waals surface area (Å²) < 4.78 is 5.50. The average molecular weight is 198 g/mol. The maximum atomic E-state index is 10.3. The highest BCUT2D eigenvalue weighted by Gasteiger charge is 2.22. The van der Waals surface area contributed by atoms with E-state index in [1.54, 1.807) is 13.2 Å². The first-order valence-corrected chi connectivity index (χ1v) is 5.24. The standard InChI is InChI=1S/C12H22O2/c1-5-6-8-12(3,14-4)10-11(2)7-9-13/h7,9H,5-6,8,10H2,1-4H3/b11-7+. The highest BCUT2D eigenvalue weighted by atomic mass is 16.5. The molecule has 2 nitrogen and oxygen atoms in total. The molecule has 0 aromatic heterocycles. The van der Waals surface area contributed by atoms with Gasteiger partial charge in [0, 0.05) is 7.11 Å². The zero-order valence-corrected chi connectivity index (χ0v) is 9.80. The van der Waals surface area contributed by atoms with Crippen LogP contribution in [-0.4, -0.2) is 19.0 Å². The van der Waals surface area contributed by atoms with Crippen LogP contribution in [-0.2, 0) is 9.53 Å². The van der Waals surface area contributed by atoms with Crippen molar-refractivity contribution in [3.63, 3.8) is 0 Å². The maximum absolute atomic E-state index is 10.3. The monoisotopic (exact) mass is 198 g/mol. The largest absolute Gasteiger partial charge is 0.378 e. The van der Waals surface area contributed by atoms with Crippen LogP contribution in [0.4, 0.5) is 0 Å². The van der Waals surface area contributed by atoms with Crippen molar-refractivity contribution in [1.82, 2.24) is 0 Å². The molecule has 0 spiro atoms. The van der Waals surface area contributed by atoms with Crippen LogP contribution in [0.3, 0.4) is 0 Å². The van der Waals surface area contributed by atoms with Crippen LogP contribution in [0.25, 0.3) is 0 Å². The number of carbonyl (C=O) groups is 1. The van der Waals surface area contributed by atoms with Gasteiger partial charge in [0.05, 0.1) is 5.60 Å². The zero-order chi connectivity index (χ0) is 11.0. The van der Waals surface area contributed by atoms with Crippen LogP contribution < -0.4 is 0 Å². The molecule has 0 aliphatic carbocycles. The van der Waals surface area contributed by atoms with Gasteiger partial charge >= 0.3 is 0 Å². The molecule has 0 N–H and O–H groups in total. The normalized spacial score (nSPS) is 16.4. The predicted molar refractivity (Wildman–Crippen MR) is 59.4 cm³/mol. The van der Waals surface area contributed by atoms with Crippen molar-refractivity contribution in [3.8, 4) is 0 Å². The van der Waals surface area contributed by atoms with Crippen molar-refractivity contribution in [3.05, 3.63) is 11.6 Å². The lowest BCUT2D eigenvalue weighted by Gasteiger charge is -2.28. The first-order valence-electron chi connectivity index (χ1n) is 5.24. The average Bonchev–Trinajstić information content (AvgIpc) is 2.15. The Hall–Kier alpha value is -0.630. The SMILES string of the molecule is CCCCC(C)(C/C(C)=C/C=O)OC. The van der Waals surface area contributed by atoms with E-state index in [-0.39, 0.29) is 5.60 Å².